The number of rotatable bonds is 11. The summed E-state index contributed by atoms with van der Waals surface area (Å²) in [4.78, 5) is 0. The monoisotopic (exact) mass is 530 g/mol. The van der Waals surface area contributed by atoms with E-state index in [1.54, 1.807) is 32.5 Å². The van der Waals surface area contributed by atoms with Gasteiger partial charge in [0.1, 0.15) is 11.4 Å². The predicted octanol–water partition coefficient (Wildman–Crippen LogP) is 6.22. The minimum atomic E-state index is 0.530. The first-order chi connectivity index (χ1) is 19.5. The normalized spacial score (nSPS) is 12.1. The van der Waals surface area contributed by atoms with Gasteiger partial charge in [-0.15, -0.1) is 0 Å². The Bertz CT molecular complexity index is 1320. The molecule has 40 heavy (non-hydrogen) atoms. The van der Waals surface area contributed by atoms with Gasteiger partial charge >= 0.3 is 0 Å². The first-order valence-electron chi connectivity index (χ1n) is 12.9. The highest BCUT2D eigenvalue weighted by molar-refractivity contribution is 6.75. The van der Waals surface area contributed by atoms with Gasteiger partial charge < -0.3 is 0 Å². The van der Waals surface area contributed by atoms with Crippen molar-refractivity contribution in [3.05, 3.63) is 121 Å². The summed E-state index contributed by atoms with van der Waals surface area (Å²) in [6, 6.07) is 39.7. The topological polar surface area (TPSA) is 62.4 Å². The van der Waals surface area contributed by atoms with Crippen LogP contribution in [0.5, 0.6) is 0 Å². The Balaban J connectivity index is 1.77. The second-order valence-corrected chi connectivity index (χ2v) is 8.90. The number of nitrogens with zero attached hydrogens (tertiary/aromatic N) is 8. The Morgan fingerprint density at radius 2 is 0.650 bits per heavy atom. The molecule has 0 fully saturated rings. The average Bonchev–Trinajstić information content (AvgIpc) is 3.02. The average molecular weight is 531 g/mol. The molecule has 4 aromatic rings. The molecule has 0 amide bonds. The number of hydrazone groups is 4. The van der Waals surface area contributed by atoms with Gasteiger partial charge in [0.2, 0.25) is 0 Å². The van der Waals surface area contributed by atoms with E-state index in [0.29, 0.717) is 11.4 Å². The maximum atomic E-state index is 4.92. The summed E-state index contributed by atoms with van der Waals surface area (Å²) in [6.07, 6.45) is 3.41. The van der Waals surface area contributed by atoms with Gasteiger partial charge in [0.15, 0.2) is 0 Å². The van der Waals surface area contributed by atoms with Crippen molar-refractivity contribution in [3.63, 3.8) is 0 Å². The number of hydrogen-bond donors (Lipinski definition) is 0. The first-order valence-corrected chi connectivity index (χ1v) is 12.9. The van der Waals surface area contributed by atoms with Crippen molar-refractivity contribution in [2.24, 2.45) is 20.4 Å². The smallest absolute Gasteiger partial charge is 0.133 e. The lowest BCUT2D eigenvalue weighted by Crippen LogP contribution is -2.28. The summed E-state index contributed by atoms with van der Waals surface area (Å²) in [5.41, 5.74) is 4.82. The Kier molecular flexibility index (Phi) is 9.77. The molecule has 202 valence electrons. The van der Waals surface area contributed by atoms with Crippen molar-refractivity contribution >= 4 is 46.6 Å². The van der Waals surface area contributed by atoms with Crippen LogP contribution in [0.25, 0.3) is 0 Å². The predicted molar refractivity (Wildman–Crippen MR) is 171 cm³/mol. The van der Waals surface area contributed by atoms with Crippen LogP contribution in [0.15, 0.2) is 142 Å². The van der Waals surface area contributed by atoms with E-state index in [-0.39, 0.29) is 0 Å². The lowest BCUT2D eigenvalue weighted by molar-refractivity contribution is 1.01. The number of anilines is 4. The minimum absolute atomic E-state index is 0.530. The van der Waals surface area contributed by atoms with Crippen LogP contribution in [-0.4, -0.2) is 52.0 Å². The maximum Gasteiger partial charge on any atom is 0.133 e. The van der Waals surface area contributed by atoms with Crippen molar-refractivity contribution in [3.8, 4) is 0 Å². The third-order valence-electron chi connectivity index (χ3n) is 6.00. The molecule has 0 atom stereocenters. The fraction of sp³-hybridized carbons (Fsp3) is 0.125. The van der Waals surface area contributed by atoms with Crippen LogP contribution in [-0.2, 0) is 0 Å². The van der Waals surface area contributed by atoms with Crippen LogP contribution in [0.1, 0.15) is 0 Å². The highest BCUT2D eigenvalue weighted by Gasteiger charge is 2.12. The van der Waals surface area contributed by atoms with Crippen molar-refractivity contribution in [1.82, 2.24) is 0 Å². The van der Waals surface area contributed by atoms with E-state index in [1.165, 1.54) is 0 Å². The van der Waals surface area contributed by atoms with Crippen molar-refractivity contribution in [2.75, 3.05) is 48.2 Å². The molecule has 0 aliphatic rings. The van der Waals surface area contributed by atoms with Gasteiger partial charge in [-0.3, -0.25) is 20.0 Å². The second kappa shape index (κ2) is 14.1. The fourth-order valence-electron chi connectivity index (χ4n) is 3.72. The maximum absolute atomic E-state index is 4.92. The van der Waals surface area contributed by atoms with E-state index >= 15 is 0 Å². The third-order valence-corrected chi connectivity index (χ3v) is 6.00. The van der Waals surface area contributed by atoms with Crippen LogP contribution in [0.2, 0.25) is 0 Å². The fourth-order valence-corrected chi connectivity index (χ4v) is 3.72. The number of hydrogen-bond acceptors (Lipinski definition) is 8. The molecule has 0 spiro atoms. The Morgan fingerprint density at radius 3 is 0.925 bits per heavy atom. The van der Waals surface area contributed by atoms with Gasteiger partial charge in [0, 0.05) is 28.2 Å². The van der Waals surface area contributed by atoms with Gasteiger partial charge in [-0.1, -0.05) is 72.8 Å². The van der Waals surface area contributed by atoms with Gasteiger partial charge in [-0.25, -0.2) is 0 Å². The standard InChI is InChI=1S/C32H34N8/c1-37(27-17-9-5-10-18-27)33-25-31(35-39(3)29-21-13-7-14-22-29)32(36-40(4)30-23-15-8-16-24-30)26-34-38(2)28-19-11-6-12-20-28/h5-26H,1-4H3. The Morgan fingerprint density at radius 1 is 0.400 bits per heavy atom. The first kappa shape index (κ1) is 27.8. The van der Waals surface area contributed by atoms with Crippen LogP contribution in [0.3, 0.4) is 0 Å². The molecule has 0 aliphatic carbocycles. The third kappa shape index (κ3) is 7.88. The Hall–Kier alpha value is -5.24. The molecule has 0 radical (unpaired) electrons. The molecule has 8 nitrogen and oxygen atoms in total. The molecule has 0 bridgehead atoms. The van der Waals surface area contributed by atoms with Crippen molar-refractivity contribution < 1.29 is 0 Å². The molecule has 0 aromatic heterocycles. The van der Waals surface area contributed by atoms with E-state index in [0.717, 1.165) is 22.7 Å². The lowest BCUT2D eigenvalue weighted by Gasteiger charge is -2.18. The van der Waals surface area contributed by atoms with Gasteiger partial charge in [-0.05, 0) is 48.5 Å². The molecule has 0 N–H and O–H groups in total. The van der Waals surface area contributed by atoms with Gasteiger partial charge in [-0.2, -0.15) is 20.4 Å². The van der Waals surface area contributed by atoms with Crippen LogP contribution in [0, 0.1) is 0 Å². The van der Waals surface area contributed by atoms with Crippen molar-refractivity contribution in [2.45, 2.75) is 0 Å². The summed E-state index contributed by atoms with van der Waals surface area (Å²) >= 11 is 0. The van der Waals surface area contributed by atoms with Crippen LogP contribution < -0.4 is 20.0 Å². The molecule has 0 unspecified atom stereocenters. The van der Waals surface area contributed by atoms with Gasteiger partial charge in [0.05, 0.1) is 35.2 Å². The molecule has 4 rings (SSSR count). The number of benzene rings is 4. The molecule has 0 saturated heterocycles. The van der Waals surface area contributed by atoms with E-state index in [4.69, 9.17) is 20.4 Å². The molecular formula is C32H34N8. The zero-order valence-corrected chi connectivity index (χ0v) is 23.3. The largest absolute Gasteiger partial charge is 0.269 e. The van der Waals surface area contributed by atoms with E-state index in [1.807, 2.05) is 150 Å². The minimum Gasteiger partial charge on any atom is -0.269 e. The molecule has 0 aliphatic heterocycles. The highest BCUT2D eigenvalue weighted by Crippen LogP contribution is 2.15. The van der Waals surface area contributed by atoms with Gasteiger partial charge in [0.25, 0.3) is 0 Å². The molecule has 0 heterocycles. The second-order valence-electron chi connectivity index (χ2n) is 8.90. The molecule has 4 aromatic carbocycles. The highest BCUT2D eigenvalue weighted by atomic mass is 15.5. The number of para-hydroxylation sites is 4. The zero-order valence-electron chi connectivity index (χ0n) is 23.3. The molecule has 8 heteroatoms. The summed E-state index contributed by atoms with van der Waals surface area (Å²) in [5.74, 6) is 0. The van der Waals surface area contributed by atoms with Crippen LogP contribution >= 0.6 is 0 Å². The van der Waals surface area contributed by atoms with E-state index in [2.05, 4.69) is 0 Å². The van der Waals surface area contributed by atoms with E-state index in [9.17, 15) is 0 Å². The molecule has 0 saturated carbocycles. The molecular weight excluding hydrogens is 496 g/mol. The Labute approximate surface area is 236 Å². The van der Waals surface area contributed by atoms with E-state index < -0.39 is 0 Å². The summed E-state index contributed by atoms with van der Waals surface area (Å²) < 4.78 is 0. The summed E-state index contributed by atoms with van der Waals surface area (Å²) in [7, 11) is 7.59. The van der Waals surface area contributed by atoms with Crippen molar-refractivity contribution in [1.29, 1.82) is 0 Å². The van der Waals surface area contributed by atoms with Crippen LogP contribution in [0.4, 0.5) is 22.7 Å². The SMILES string of the molecule is CN(N=CC(=NN(C)c1ccccc1)C(C=NN(C)c1ccccc1)=NN(C)c1ccccc1)c1ccccc1. The lowest BCUT2D eigenvalue weighted by atomic mass is 10.2. The quantitative estimate of drug-likeness (QED) is 0.171. The summed E-state index contributed by atoms with van der Waals surface area (Å²) in [5, 5.41) is 26.4. The summed E-state index contributed by atoms with van der Waals surface area (Å²) in [6.45, 7) is 0. The zero-order chi connectivity index (χ0) is 28.2.